The average Bonchev–Trinajstić information content (AvgIpc) is 3.20. The van der Waals surface area contributed by atoms with Crippen molar-refractivity contribution >= 4 is 11.8 Å². The molecular weight excluding hydrogens is 375 g/mol. The summed E-state index contributed by atoms with van der Waals surface area (Å²) in [5.74, 6) is -0.423. The predicted molar refractivity (Wildman–Crippen MR) is 95.8 cm³/mol. The molecule has 0 aromatic heterocycles. The fraction of sp³-hybridized carbons (Fsp3) is 0.579. The lowest BCUT2D eigenvalue weighted by molar-refractivity contribution is -0.274. The number of nitrogens with one attached hydrogen (secondary N) is 2. The van der Waals surface area contributed by atoms with Gasteiger partial charge in [-0.3, -0.25) is 9.59 Å². The van der Waals surface area contributed by atoms with Crippen LogP contribution in [0.4, 0.5) is 13.2 Å². The molecule has 2 aliphatic heterocycles. The normalized spacial score (nSPS) is 22.8. The van der Waals surface area contributed by atoms with E-state index < -0.39 is 6.36 Å². The van der Waals surface area contributed by atoms with Gasteiger partial charge in [-0.2, -0.15) is 0 Å². The Morgan fingerprint density at radius 3 is 2.57 bits per heavy atom. The zero-order chi connectivity index (χ0) is 20.1. The number of likely N-dealkylation sites (tertiary alicyclic amines) is 1. The SMILES string of the molecule is O=C(NCC1CCCN(C(=O)c2ccc(OC(F)(F)F)cc2)C1)C1CCCN1. The molecule has 2 unspecified atom stereocenters. The minimum Gasteiger partial charge on any atom is -0.406 e. The van der Waals surface area contributed by atoms with Crippen LogP contribution in [0.2, 0.25) is 0 Å². The standard InChI is InChI=1S/C19H24F3N3O3/c20-19(21,22)28-15-7-5-14(6-8-15)18(27)25-10-2-3-13(12-25)11-24-17(26)16-4-1-9-23-16/h5-8,13,16,23H,1-4,9-12H2,(H,24,26). The number of alkyl halides is 3. The molecule has 0 aliphatic carbocycles. The van der Waals surface area contributed by atoms with Crippen LogP contribution < -0.4 is 15.4 Å². The van der Waals surface area contributed by atoms with Crippen LogP contribution >= 0.6 is 0 Å². The summed E-state index contributed by atoms with van der Waals surface area (Å²) in [4.78, 5) is 26.5. The molecule has 2 fully saturated rings. The first-order chi connectivity index (χ1) is 13.3. The van der Waals surface area contributed by atoms with Crippen molar-refractivity contribution in [2.24, 2.45) is 5.92 Å². The van der Waals surface area contributed by atoms with Crippen molar-refractivity contribution in [2.45, 2.75) is 38.1 Å². The van der Waals surface area contributed by atoms with Gasteiger partial charge in [0.05, 0.1) is 6.04 Å². The summed E-state index contributed by atoms with van der Waals surface area (Å²) in [6.45, 7) is 2.47. The van der Waals surface area contributed by atoms with Crippen LogP contribution in [0.5, 0.6) is 5.75 Å². The van der Waals surface area contributed by atoms with Crippen LogP contribution in [0.3, 0.4) is 0 Å². The van der Waals surface area contributed by atoms with Crippen LogP contribution in [-0.2, 0) is 4.79 Å². The van der Waals surface area contributed by atoms with Crippen molar-refractivity contribution in [3.63, 3.8) is 0 Å². The number of carbonyl (C=O) groups excluding carboxylic acids is 2. The molecule has 0 bridgehead atoms. The molecule has 6 nitrogen and oxygen atoms in total. The Morgan fingerprint density at radius 2 is 1.93 bits per heavy atom. The van der Waals surface area contributed by atoms with E-state index in [1.54, 1.807) is 4.90 Å². The monoisotopic (exact) mass is 399 g/mol. The van der Waals surface area contributed by atoms with Gasteiger partial charge in [0.2, 0.25) is 5.91 Å². The lowest BCUT2D eigenvalue weighted by Crippen LogP contribution is -2.46. The second-order valence-corrected chi connectivity index (χ2v) is 7.23. The molecule has 2 saturated heterocycles. The highest BCUT2D eigenvalue weighted by Crippen LogP contribution is 2.24. The number of ether oxygens (including phenoxy) is 1. The molecule has 0 spiro atoms. The summed E-state index contributed by atoms with van der Waals surface area (Å²) in [6, 6.07) is 4.81. The van der Waals surface area contributed by atoms with E-state index in [0.29, 0.717) is 25.2 Å². The number of rotatable bonds is 5. The number of halogens is 3. The van der Waals surface area contributed by atoms with Crippen LogP contribution in [0.15, 0.2) is 24.3 Å². The third-order valence-corrected chi connectivity index (χ3v) is 5.08. The minimum atomic E-state index is -4.76. The summed E-state index contributed by atoms with van der Waals surface area (Å²) in [5.41, 5.74) is 0.314. The zero-order valence-corrected chi connectivity index (χ0v) is 15.4. The van der Waals surface area contributed by atoms with Crippen LogP contribution in [0.25, 0.3) is 0 Å². The number of carbonyl (C=O) groups is 2. The molecule has 2 heterocycles. The molecule has 9 heteroatoms. The lowest BCUT2D eigenvalue weighted by atomic mass is 9.97. The van der Waals surface area contributed by atoms with E-state index in [-0.39, 0.29) is 29.5 Å². The Kier molecular flexibility index (Phi) is 6.43. The third-order valence-electron chi connectivity index (χ3n) is 5.08. The lowest BCUT2D eigenvalue weighted by Gasteiger charge is -2.33. The smallest absolute Gasteiger partial charge is 0.406 e. The average molecular weight is 399 g/mol. The zero-order valence-electron chi connectivity index (χ0n) is 15.4. The van der Waals surface area contributed by atoms with E-state index in [1.807, 2.05) is 0 Å². The molecule has 28 heavy (non-hydrogen) atoms. The van der Waals surface area contributed by atoms with Crippen molar-refractivity contribution in [1.82, 2.24) is 15.5 Å². The first-order valence-electron chi connectivity index (χ1n) is 9.48. The quantitative estimate of drug-likeness (QED) is 0.797. The van der Waals surface area contributed by atoms with Crippen molar-refractivity contribution < 1.29 is 27.5 Å². The number of amides is 2. The first-order valence-corrected chi connectivity index (χ1v) is 9.48. The van der Waals surface area contributed by atoms with E-state index in [2.05, 4.69) is 15.4 Å². The van der Waals surface area contributed by atoms with Gasteiger partial charge in [0, 0.05) is 25.2 Å². The maximum atomic E-state index is 12.7. The van der Waals surface area contributed by atoms with Crippen molar-refractivity contribution in [2.75, 3.05) is 26.2 Å². The summed E-state index contributed by atoms with van der Waals surface area (Å²) < 4.78 is 40.5. The largest absolute Gasteiger partial charge is 0.573 e. The number of piperidine rings is 1. The number of benzene rings is 1. The van der Waals surface area contributed by atoms with Gasteiger partial charge < -0.3 is 20.3 Å². The summed E-state index contributed by atoms with van der Waals surface area (Å²) >= 11 is 0. The van der Waals surface area contributed by atoms with Gasteiger partial charge in [-0.25, -0.2) is 0 Å². The van der Waals surface area contributed by atoms with E-state index in [1.165, 1.54) is 12.1 Å². The topological polar surface area (TPSA) is 70.7 Å². The summed E-state index contributed by atoms with van der Waals surface area (Å²) in [7, 11) is 0. The Hall–Kier alpha value is -2.29. The molecule has 3 rings (SSSR count). The van der Waals surface area contributed by atoms with E-state index in [9.17, 15) is 22.8 Å². The van der Waals surface area contributed by atoms with Crippen molar-refractivity contribution in [3.05, 3.63) is 29.8 Å². The fourth-order valence-corrected chi connectivity index (χ4v) is 3.67. The minimum absolute atomic E-state index is 0.00111. The van der Waals surface area contributed by atoms with Gasteiger partial charge in [-0.1, -0.05) is 0 Å². The van der Waals surface area contributed by atoms with Crippen LogP contribution in [0.1, 0.15) is 36.0 Å². The highest BCUT2D eigenvalue weighted by molar-refractivity contribution is 5.94. The summed E-state index contributed by atoms with van der Waals surface area (Å²) in [6.07, 6.45) is -1.18. The molecule has 0 saturated carbocycles. The Morgan fingerprint density at radius 1 is 1.18 bits per heavy atom. The molecular formula is C19H24F3N3O3. The molecule has 0 radical (unpaired) electrons. The Labute approximate surface area is 161 Å². The summed E-state index contributed by atoms with van der Waals surface area (Å²) in [5, 5.41) is 6.11. The second-order valence-electron chi connectivity index (χ2n) is 7.23. The van der Waals surface area contributed by atoms with Crippen molar-refractivity contribution in [3.8, 4) is 5.75 Å². The highest BCUT2D eigenvalue weighted by atomic mass is 19.4. The molecule has 154 valence electrons. The van der Waals surface area contributed by atoms with E-state index in [0.717, 1.165) is 44.4 Å². The number of nitrogens with zero attached hydrogens (tertiary/aromatic N) is 1. The van der Waals surface area contributed by atoms with E-state index in [4.69, 9.17) is 0 Å². The van der Waals surface area contributed by atoms with Gasteiger partial charge >= 0.3 is 6.36 Å². The van der Waals surface area contributed by atoms with Gasteiger partial charge in [0.1, 0.15) is 5.75 Å². The molecule has 1 aromatic carbocycles. The van der Waals surface area contributed by atoms with Gasteiger partial charge in [0.15, 0.2) is 0 Å². The molecule has 2 N–H and O–H groups in total. The molecule has 2 atom stereocenters. The number of hydrogen-bond acceptors (Lipinski definition) is 4. The van der Waals surface area contributed by atoms with Crippen LogP contribution in [-0.4, -0.2) is 55.3 Å². The van der Waals surface area contributed by atoms with E-state index >= 15 is 0 Å². The first kappa shape index (κ1) is 20.4. The third kappa shape index (κ3) is 5.60. The van der Waals surface area contributed by atoms with Gasteiger partial charge in [-0.05, 0) is 62.4 Å². The number of hydrogen-bond donors (Lipinski definition) is 2. The predicted octanol–water partition coefficient (Wildman–Crippen LogP) is 2.31. The maximum Gasteiger partial charge on any atom is 0.573 e. The highest BCUT2D eigenvalue weighted by Gasteiger charge is 2.31. The van der Waals surface area contributed by atoms with Crippen molar-refractivity contribution in [1.29, 1.82) is 0 Å². The Balaban J connectivity index is 1.51. The van der Waals surface area contributed by atoms with Gasteiger partial charge in [0.25, 0.3) is 5.91 Å². The Bertz CT molecular complexity index is 688. The molecule has 1 aromatic rings. The fourth-order valence-electron chi connectivity index (χ4n) is 3.67. The molecule has 2 amide bonds. The van der Waals surface area contributed by atoms with Crippen LogP contribution in [0, 0.1) is 5.92 Å². The van der Waals surface area contributed by atoms with Gasteiger partial charge in [-0.15, -0.1) is 13.2 Å². The molecule has 2 aliphatic rings. The maximum absolute atomic E-state index is 12.7. The second kappa shape index (κ2) is 8.81.